The van der Waals surface area contributed by atoms with Gasteiger partial charge < -0.3 is 20.0 Å². The van der Waals surface area contributed by atoms with Crippen LogP contribution in [-0.4, -0.2) is 58.4 Å². The van der Waals surface area contributed by atoms with E-state index >= 15 is 0 Å². The van der Waals surface area contributed by atoms with Crippen LogP contribution in [0.1, 0.15) is 182 Å². The summed E-state index contributed by atoms with van der Waals surface area (Å²) in [6.07, 6.45) is 18.5. The molecule has 0 aromatic rings. The molecular weight excluding hydrogens is 804 g/mol. The minimum Gasteiger partial charge on any atom is -0.475 e. The van der Waals surface area contributed by atoms with E-state index in [-0.39, 0.29) is 26.1 Å². The molecule has 21 heteroatoms. The maximum absolute atomic E-state index is 13.8. The molecule has 4 N–H and O–H groups in total. The van der Waals surface area contributed by atoms with Gasteiger partial charge in [0, 0.05) is 0 Å². The number of hydrogen-bond donors (Lipinski definition) is 4. The molecule has 4 atom stereocenters. The standard InChI is InChI=1S/C34H72O17P4/c1-5-9-13-17-21-25-29-44-52(38,39)50-54(42,46-31-27-23-19-15-11-7-3)48-34(37,33(35)36)49-55(43,47-32-28-24-20-16-12-8-4)51-53(40,41)45-30-26-22-18-14-10-6-2/h37H,5-32H2,1-4H3,(H,35,36)(H,38,39)(H,40,41). The Morgan fingerprint density at radius 3 is 0.927 bits per heavy atom. The van der Waals surface area contributed by atoms with Gasteiger partial charge in [-0.15, -0.1) is 0 Å². The number of carboxylic acid groups (broad SMARTS) is 1. The molecule has 0 spiro atoms. The van der Waals surface area contributed by atoms with Crippen LogP contribution >= 0.6 is 31.3 Å². The molecule has 0 bridgehead atoms. The van der Waals surface area contributed by atoms with Crippen molar-refractivity contribution in [2.75, 3.05) is 26.4 Å². The van der Waals surface area contributed by atoms with E-state index in [2.05, 4.69) is 13.8 Å². The van der Waals surface area contributed by atoms with Crippen molar-refractivity contribution in [3.05, 3.63) is 0 Å². The Hall–Kier alpha value is -0.0500. The Labute approximate surface area is 329 Å². The van der Waals surface area contributed by atoms with Crippen molar-refractivity contribution in [3.63, 3.8) is 0 Å². The van der Waals surface area contributed by atoms with E-state index in [4.69, 9.17) is 35.8 Å². The molecule has 0 saturated carbocycles. The third-order valence-electron chi connectivity index (χ3n) is 8.15. The molecule has 0 amide bonds. The molecule has 0 fully saturated rings. The Morgan fingerprint density at radius 1 is 0.436 bits per heavy atom. The van der Waals surface area contributed by atoms with Crippen LogP contribution in [0.15, 0.2) is 0 Å². The summed E-state index contributed by atoms with van der Waals surface area (Å²) in [6.45, 7) is 6.64. The van der Waals surface area contributed by atoms with Crippen LogP contribution in [0.5, 0.6) is 0 Å². The van der Waals surface area contributed by atoms with Gasteiger partial charge >= 0.3 is 43.2 Å². The van der Waals surface area contributed by atoms with Crippen molar-refractivity contribution < 1.29 is 78.8 Å². The summed E-state index contributed by atoms with van der Waals surface area (Å²) in [5.41, 5.74) is 0. The average Bonchev–Trinajstić information content (AvgIpc) is 3.09. The highest BCUT2D eigenvalue weighted by atomic mass is 31.3. The number of aliphatic carboxylic acids is 1. The molecule has 0 aromatic carbocycles. The Bertz CT molecular complexity index is 1100. The molecule has 0 saturated heterocycles. The van der Waals surface area contributed by atoms with Gasteiger partial charge in [-0.05, 0) is 25.7 Å². The van der Waals surface area contributed by atoms with Crippen molar-refractivity contribution in [1.82, 2.24) is 0 Å². The zero-order chi connectivity index (χ0) is 41.5. The number of unbranched alkanes of at least 4 members (excludes halogenated alkanes) is 20. The van der Waals surface area contributed by atoms with E-state index in [1.807, 2.05) is 13.8 Å². The average molecular weight is 877 g/mol. The second-order valence-electron chi connectivity index (χ2n) is 13.5. The van der Waals surface area contributed by atoms with Crippen LogP contribution < -0.4 is 0 Å². The second kappa shape index (κ2) is 31.8. The van der Waals surface area contributed by atoms with Gasteiger partial charge in [0.2, 0.25) is 0 Å². The van der Waals surface area contributed by atoms with Crippen molar-refractivity contribution in [3.8, 4) is 0 Å². The van der Waals surface area contributed by atoms with Gasteiger partial charge in [0.05, 0.1) is 26.4 Å². The Morgan fingerprint density at radius 2 is 0.673 bits per heavy atom. The zero-order valence-corrected chi connectivity index (χ0v) is 37.3. The maximum Gasteiger partial charge on any atom is 0.488 e. The fourth-order valence-electron chi connectivity index (χ4n) is 5.07. The van der Waals surface area contributed by atoms with E-state index in [9.17, 15) is 43.1 Å². The number of aliphatic hydroxyl groups is 1. The summed E-state index contributed by atoms with van der Waals surface area (Å²) in [5.74, 6) is -6.83. The predicted molar refractivity (Wildman–Crippen MR) is 209 cm³/mol. The van der Waals surface area contributed by atoms with E-state index in [0.717, 1.165) is 103 Å². The number of rotatable bonds is 41. The van der Waals surface area contributed by atoms with E-state index in [1.165, 1.54) is 0 Å². The van der Waals surface area contributed by atoms with Crippen LogP contribution in [0, 0.1) is 0 Å². The molecule has 330 valence electrons. The molecule has 0 aromatic heterocycles. The third kappa shape index (κ3) is 29.8. The zero-order valence-electron chi connectivity index (χ0n) is 33.7. The van der Waals surface area contributed by atoms with E-state index in [1.54, 1.807) is 0 Å². The lowest BCUT2D eigenvalue weighted by molar-refractivity contribution is -0.281. The molecule has 0 rings (SSSR count). The topological polar surface area (TPSA) is 240 Å². The first-order valence-electron chi connectivity index (χ1n) is 20.2. The first-order chi connectivity index (χ1) is 26.0. The lowest BCUT2D eigenvalue weighted by Crippen LogP contribution is -2.43. The fourth-order valence-corrected chi connectivity index (χ4v) is 10.5. The van der Waals surface area contributed by atoms with Gasteiger partial charge in [0.1, 0.15) is 0 Å². The summed E-state index contributed by atoms with van der Waals surface area (Å²) >= 11 is 0. The lowest BCUT2D eigenvalue weighted by Gasteiger charge is -2.30. The highest BCUT2D eigenvalue weighted by Gasteiger charge is 2.57. The van der Waals surface area contributed by atoms with Crippen LogP contribution in [0.2, 0.25) is 0 Å². The molecule has 0 aliphatic carbocycles. The summed E-state index contributed by atoms with van der Waals surface area (Å²) in [4.78, 5) is 33.2. The van der Waals surface area contributed by atoms with E-state index in [0.29, 0.717) is 38.5 Å². The third-order valence-corrected chi connectivity index (χ3v) is 14.4. The summed E-state index contributed by atoms with van der Waals surface area (Å²) in [7, 11) is -21.9. The molecule has 0 aliphatic rings. The van der Waals surface area contributed by atoms with Gasteiger partial charge in [-0.25, -0.2) is 32.1 Å². The summed E-state index contributed by atoms with van der Waals surface area (Å²) < 4.78 is 92.5. The minimum absolute atomic E-state index is 0.216. The maximum atomic E-state index is 13.8. The molecule has 0 radical (unpaired) electrons. The molecule has 55 heavy (non-hydrogen) atoms. The Kier molecular flexibility index (Phi) is 31.8. The normalized spacial score (nSPS) is 17.5. The minimum atomic E-state index is -5.66. The number of hydrogen-bond acceptors (Lipinski definition) is 14. The largest absolute Gasteiger partial charge is 0.488 e. The lowest BCUT2D eigenvalue weighted by atomic mass is 10.1. The van der Waals surface area contributed by atoms with Crippen LogP contribution in [-0.2, 0) is 58.8 Å². The van der Waals surface area contributed by atoms with Gasteiger partial charge in [0.25, 0.3) is 0 Å². The van der Waals surface area contributed by atoms with Gasteiger partial charge in [-0.3, -0.25) is 18.1 Å². The van der Waals surface area contributed by atoms with Gasteiger partial charge in [0.15, 0.2) is 0 Å². The molecule has 0 heterocycles. The van der Waals surface area contributed by atoms with Crippen LogP contribution in [0.4, 0.5) is 0 Å². The first-order valence-corrected chi connectivity index (χ1v) is 26.2. The SMILES string of the molecule is CCCCCCCCOP(=O)(O)OP(=O)(OCCCCCCCC)OC(O)(OP(=O)(OCCCCCCCC)OP(=O)(O)OCCCCCCCC)C(=O)O. The number of carboxylic acids is 1. The first kappa shape index (κ1) is 55.0. The highest BCUT2D eigenvalue weighted by Crippen LogP contribution is 2.69. The Balaban J connectivity index is 6.15. The summed E-state index contributed by atoms with van der Waals surface area (Å²) in [6, 6.07) is 0. The molecular formula is C34H72O17P4. The fraction of sp³-hybridized carbons (Fsp3) is 0.971. The second-order valence-corrected chi connectivity index (χ2v) is 19.8. The number of carbonyl (C=O) groups is 1. The van der Waals surface area contributed by atoms with Crippen LogP contribution in [0.3, 0.4) is 0 Å². The van der Waals surface area contributed by atoms with Gasteiger partial charge in [-0.1, -0.05) is 156 Å². The molecule has 17 nitrogen and oxygen atoms in total. The quantitative estimate of drug-likeness (QED) is 0.0253. The monoisotopic (exact) mass is 876 g/mol. The van der Waals surface area contributed by atoms with Crippen molar-refractivity contribution in [2.45, 2.75) is 188 Å². The number of phosphoric acid groups is 4. The van der Waals surface area contributed by atoms with E-state index < -0.39 is 56.4 Å². The smallest absolute Gasteiger partial charge is 0.475 e. The van der Waals surface area contributed by atoms with Crippen LogP contribution in [0.25, 0.3) is 0 Å². The van der Waals surface area contributed by atoms with Gasteiger partial charge in [-0.2, -0.15) is 8.62 Å². The molecule has 4 unspecified atom stereocenters. The van der Waals surface area contributed by atoms with Crippen molar-refractivity contribution >= 4 is 37.3 Å². The summed E-state index contributed by atoms with van der Waals surface area (Å²) in [5, 5.41) is 21.0. The van der Waals surface area contributed by atoms with Crippen molar-refractivity contribution in [2.24, 2.45) is 0 Å². The molecule has 0 aliphatic heterocycles. The number of phosphoric ester groups is 4. The highest BCUT2D eigenvalue weighted by molar-refractivity contribution is 7.62. The predicted octanol–water partition coefficient (Wildman–Crippen LogP) is 11.7. The van der Waals surface area contributed by atoms with Crippen molar-refractivity contribution in [1.29, 1.82) is 0 Å².